The van der Waals surface area contributed by atoms with Crippen molar-refractivity contribution in [2.45, 2.75) is 31.3 Å². The van der Waals surface area contributed by atoms with Crippen LogP contribution in [0.4, 0.5) is 0 Å². The number of sulfonamides is 1. The first-order valence-corrected chi connectivity index (χ1v) is 8.30. The van der Waals surface area contributed by atoms with Crippen molar-refractivity contribution in [2.24, 2.45) is 5.73 Å². The SMILES string of the molecule is Cc1ccccc1C(C)NS(=O)(=O)c1ccccc1CN. The van der Waals surface area contributed by atoms with E-state index in [1.807, 2.05) is 38.1 Å². The molecule has 1 unspecified atom stereocenters. The Hall–Kier alpha value is -1.69. The maximum atomic E-state index is 12.5. The van der Waals surface area contributed by atoms with Crippen molar-refractivity contribution in [1.82, 2.24) is 4.72 Å². The zero-order valence-electron chi connectivity index (χ0n) is 12.2. The van der Waals surface area contributed by atoms with E-state index in [4.69, 9.17) is 5.73 Å². The van der Waals surface area contributed by atoms with E-state index in [1.54, 1.807) is 24.3 Å². The second-order valence-electron chi connectivity index (χ2n) is 5.01. The third-order valence-electron chi connectivity index (χ3n) is 3.47. The van der Waals surface area contributed by atoms with Gasteiger partial charge in [0.2, 0.25) is 10.0 Å². The second kappa shape index (κ2) is 6.39. The Bertz CT molecular complexity index is 727. The molecule has 112 valence electrons. The molecular formula is C16H20N2O2S. The molecule has 0 bridgehead atoms. The molecule has 0 saturated heterocycles. The van der Waals surface area contributed by atoms with Crippen LogP contribution in [0.15, 0.2) is 53.4 Å². The molecule has 0 aliphatic heterocycles. The fourth-order valence-electron chi connectivity index (χ4n) is 2.37. The lowest BCUT2D eigenvalue weighted by Gasteiger charge is -2.18. The molecule has 1 atom stereocenters. The summed E-state index contributed by atoms with van der Waals surface area (Å²) in [6, 6.07) is 14.2. The monoisotopic (exact) mass is 304 g/mol. The van der Waals surface area contributed by atoms with Gasteiger partial charge in [-0.15, -0.1) is 0 Å². The summed E-state index contributed by atoms with van der Waals surface area (Å²) in [4.78, 5) is 0.243. The van der Waals surface area contributed by atoms with Gasteiger partial charge < -0.3 is 5.73 Å². The molecule has 2 rings (SSSR count). The van der Waals surface area contributed by atoms with E-state index in [2.05, 4.69) is 4.72 Å². The molecule has 0 spiro atoms. The van der Waals surface area contributed by atoms with Crippen LogP contribution in [-0.2, 0) is 16.6 Å². The molecular weight excluding hydrogens is 284 g/mol. The van der Waals surface area contributed by atoms with Gasteiger partial charge in [-0.2, -0.15) is 0 Å². The maximum absolute atomic E-state index is 12.5. The quantitative estimate of drug-likeness (QED) is 0.891. The zero-order chi connectivity index (χ0) is 15.5. The van der Waals surface area contributed by atoms with Crippen LogP contribution >= 0.6 is 0 Å². The van der Waals surface area contributed by atoms with Crippen LogP contribution in [0.3, 0.4) is 0 Å². The van der Waals surface area contributed by atoms with Crippen molar-refractivity contribution in [2.75, 3.05) is 0 Å². The first-order valence-electron chi connectivity index (χ1n) is 6.81. The zero-order valence-corrected chi connectivity index (χ0v) is 13.0. The van der Waals surface area contributed by atoms with E-state index < -0.39 is 10.0 Å². The minimum atomic E-state index is -3.60. The van der Waals surface area contributed by atoms with Crippen molar-refractivity contribution in [3.05, 3.63) is 65.2 Å². The molecule has 0 amide bonds. The molecule has 0 saturated carbocycles. The number of nitrogens with one attached hydrogen (secondary N) is 1. The molecule has 0 fully saturated rings. The fraction of sp³-hybridized carbons (Fsp3) is 0.250. The summed E-state index contributed by atoms with van der Waals surface area (Å²) in [5.74, 6) is 0. The summed E-state index contributed by atoms with van der Waals surface area (Å²) >= 11 is 0. The molecule has 3 N–H and O–H groups in total. The standard InChI is InChI=1S/C16H20N2O2S/c1-12-7-3-5-9-15(12)13(2)18-21(19,20)16-10-6-4-8-14(16)11-17/h3-10,13,18H,11,17H2,1-2H3. The van der Waals surface area contributed by atoms with Gasteiger partial charge in [-0.3, -0.25) is 0 Å². The van der Waals surface area contributed by atoms with Crippen LogP contribution in [0, 0.1) is 6.92 Å². The van der Waals surface area contributed by atoms with Crippen LogP contribution in [-0.4, -0.2) is 8.42 Å². The smallest absolute Gasteiger partial charge is 0.241 e. The Balaban J connectivity index is 2.32. The number of nitrogens with two attached hydrogens (primary N) is 1. The maximum Gasteiger partial charge on any atom is 0.241 e. The van der Waals surface area contributed by atoms with Crippen molar-refractivity contribution in [3.8, 4) is 0 Å². The number of hydrogen-bond donors (Lipinski definition) is 2. The van der Waals surface area contributed by atoms with E-state index >= 15 is 0 Å². The molecule has 0 aliphatic rings. The third-order valence-corrected chi connectivity index (χ3v) is 5.11. The first kappa shape index (κ1) is 15.7. The lowest BCUT2D eigenvalue weighted by Crippen LogP contribution is -2.28. The number of benzene rings is 2. The molecule has 5 heteroatoms. The van der Waals surface area contributed by atoms with Gasteiger partial charge in [-0.1, -0.05) is 42.5 Å². The number of aryl methyl sites for hydroxylation is 1. The number of rotatable bonds is 5. The second-order valence-corrected chi connectivity index (χ2v) is 6.69. The Labute approximate surface area is 126 Å². The predicted molar refractivity (Wildman–Crippen MR) is 84.2 cm³/mol. The van der Waals surface area contributed by atoms with Gasteiger partial charge in [0.1, 0.15) is 0 Å². The Morgan fingerprint density at radius 2 is 1.71 bits per heavy atom. The fourth-order valence-corrected chi connectivity index (χ4v) is 3.84. The molecule has 0 heterocycles. The van der Waals surface area contributed by atoms with Gasteiger partial charge in [-0.25, -0.2) is 13.1 Å². The van der Waals surface area contributed by atoms with E-state index in [1.165, 1.54) is 0 Å². The van der Waals surface area contributed by atoms with Crippen molar-refractivity contribution in [3.63, 3.8) is 0 Å². The van der Waals surface area contributed by atoms with Gasteiger partial charge in [0.05, 0.1) is 4.90 Å². The Morgan fingerprint density at radius 3 is 2.38 bits per heavy atom. The summed E-state index contributed by atoms with van der Waals surface area (Å²) in [7, 11) is -3.60. The van der Waals surface area contributed by atoms with E-state index in [-0.39, 0.29) is 17.5 Å². The lowest BCUT2D eigenvalue weighted by molar-refractivity contribution is 0.565. The largest absolute Gasteiger partial charge is 0.326 e. The van der Waals surface area contributed by atoms with Crippen molar-refractivity contribution in [1.29, 1.82) is 0 Å². The summed E-state index contributed by atoms with van der Waals surface area (Å²) in [6.45, 7) is 3.99. The molecule has 0 aliphatic carbocycles. The van der Waals surface area contributed by atoms with Crippen molar-refractivity contribution >= 4 is 10.0 Å². The topological polar surface area (TPSA) is 72.2 Å². The molecule has 0 radical (unpaired) electrons. The highest BCUT2D eigenvalue weighted by Crippen LogP contribution is 2.21. The summed E-state index contributed by atoms with van der Waals surface area (Å²) < 4.78 is 27.8. The Kier molecular flexibility index (Phi) is 4.77. The van der Waals surface area contributed by atoms with Gasteiger partial charge in [0.15, 0.2) is 0 Å². The minimum Gasteiger partial charge on any atom is -0.326 e. The van der Waals surface area contributed by atoms with Crippen LogP contribution in [0.1, 0.15) is 29.7 Å². The van der Waals surface area contributed by atoms with Gasteiger partial charge in [0, 0.05) is 12.6 Å². The van der Waals surface area contributed by atoms with Crippen LogP contribution < -0.4 is 10.5 Å². The highest BCUT2D eigenvalue weighted by atomic mass is 32.2. The molecule has 4 nitrogen and oxygen atoms in total. The van der Waals surface area contributed by atoms with Gasteiger partial charge in [0.25, 0.3) is 0 Å². The third kappa shape index (κ3) is 3.50. The summed E-state index contributed by atoms with van der Waals surface area (Å²) in [5.41, 5.74) is 8.25. The highest BCUT2D eigenvalue weighted by Gasteiger charge is 2.21. The minimum absolute atomic E-state index is 0.190. The predicted octanol–water partition coefficient (Wildman–Crippen LogP) is 2.49. The highest BCUT2D eigenvalue weighted by molar-refractivity contribution is 7.89. The van der Waals surface area contributed by atoms with E-state index in [0.29, 0.717) is 5.56 Å². The molecule has 2 aromatic carbocycles. The van der Waals surface area contributed by atoms with Crippen LogP contribution in [0.25, 0.3) is 0 Å². The number of hydrogen-bond acceptors (Lipinski definition) is 3. The molecule has 0 aromatic heterocycles. The van der Waals surface area contributed by atoms with Gasteiger partial charge in [-0.05, 0) is 36.6 Å². The summed E-state index contributed by atoms with van der Waals surface area (Å²) in [6.07, 6.45) is 0. The van der Waals surface area contributed by atoms with Crippen LogP contribution in [0.5, 0.6) is 0 Å². The normalized spacial score (nSPS) is 13.1. The average molecular weight is 304 g/mol. The molecule has 21 heavy (non-hydrogen) atoms. The van der Waals surface area contributed by atoms with Crippen LogP contribution in [0.2, 0.25) is 0 Å². The Morgan fingerprint density at radius 1 is 1.10 bits per heavy atom. The average Bonchev–Trinajstić information content (AvgIpc) is 2.47. The first-order chi connectivity index (χ1) is 9.95. The summed E-state index contributed by atoms with van der Waals surface area (Å²) in [5, 5.41) is 0. The van der Waals surface area contributed by atoms with E-state index in [9.17, 15) is 8.42 Å². The molecule has 2 aromatic rings. The van der Waals surface area contributed by atoms with Crippen molar-refractivity contribution < 1.29 is 8.42 Å². The lowest BCUT2D eigenvalue weighted by atomic mass is 10.0. The van der Waals surface area contributed by atoms with Gasteiger partial charge >= 0.3 is 0 Å². The van der Waals surface area contributed by atoms with E-state index in [0.717, 1.165) is 11.1 Å².